The third kappa shape index (κ3) is 6.80. The molecule has 0 saturated heterocycles. The monoisotopic (exact) mass is 634 g/mol. The zero-order valence-electron chi connectivity index (χ0n) is 26.6. The van der Waals surface area contributed by atoms with Gasteiger partial charge in [0.25, 0.3) is 5.56 Å². The fourth-order valence-corrected chi connectivity index (χ4v) is 5.34. The zero-order chi connectivity index (χ0) is 30.8. The van der Waals surface area contributed by atoms with Gasteiger partial charge in [-0.3, -0.25) is 14.3 Å². The van der Waals surface area contributed by atoms with Crippen LogP contribution >= 0.6 is 0 Å². The van der Waals surface area contributed by atoms with Gasteiger partial charge in [0.2, 0.25) is 5.78 Å². The van der Waals surface area contributed by atoms with E-state index in [1.165, 1.54) is 23.0 Å². The zero-order valence-corrected chi connectivity index (χ0v) is 28.7. The maximum Gasteiger partial charge on any atom is 1.00 e. The molecule has 3 heterocycles. The van der Waals surface area contributed by atoms with E-state index >= 15 is 4.39 Å². The van der Waals surface area contributed by atoms with Crippen LogP contribution in [0.5, 0.6) is 5.75 Å². The number of aromatic amines is 1. The predicted molar refractivity (Wildman–Crippen MR) is 165 cm³/mol. The number of hydrogen-bond donors (Lipinski definition) is 1. The minimum Gasteiger partial charge on any atom is -1.00 e. The van der Waals surface area contributed by atoms with Crippen molar-refractivity contribution in [1.29, 1.82) is 0 Å². The summed E-state index contributed by atoms with van der Waals surface area (Å²) in [5, 5.41) is 8.30. The van der Waals surface area contributed by atoms with E-state index in [1.807, 2.05) is 62.4 Å². The van der Waals surface area contributed by atoms with Gasteiger partial charge in [0.05, 0.1) is 17.5 Å². The topological polar surface area (TPSA) is 120 Å². The summed E-state index contributed by atoms with van der Waals surface area (Å²) in [4.78, 5) is 32.8. The summed E-state index contributed by atoms with van der Waals surface area (Å²) in [6.07, 6.45) is 3.98. The number of halogens is 1. The molecule has 45 heavy (non-hydrogen) atoms. The number of unbranched alkanes of at least 4 members (excludes halogenated alkanes) is 1. The van der Waals surface area contributed by atoms with Gasteiger partial charge in [0.15, 0.2) is 17.4 Å². The molecule has 0 saturated carbocycles. The second-order valence-electron chi connectivity index (χ2n) is 10.8. The van der Waals surface area contributed by atoms with Crippen LogP contribution in [0, 0.1) is 5.82 Å². The van der Waals surface area contributed by atoms with Crippen LogP contribution in [0.2, 0.25) is 0 Å². The Bertz CT molecular complexity index is 2070. The molecule has 6 rings (SSSR count). The van der Waals surface area contributed by atoms with Crippen LogP contribution in [0.3, 0.4) is 0 Å². The van der Waals surface area contributed by atoms with E-state index in [0.717, 1.165) is 40.8 Å². The molecule has 0 atom stereocenters. The van der Waals surface area contributed by atoms with Crippen molar-refractivity contribution in [2.75, 3.05) is 0 Å². The summed E-state index contributed by atoms with van der Waals surface area (Å²) in [6.45, 7) is 5.74. The van der Waals surface area contributed by atoms with E-state index in [-0.39, 0.29) is 70.2 Å². The SMILES string of the molecule is CCCCc1c(Cc2ccc(-c3ccccc3-c3noc(=O)[nH]3)cc2)c(=O)n(-c2ccc(OC(C)C)c(F)c2)c2ncnn12.[H-].[K+]. The van der Waals surface area contributed by atoms with E-state index < -0.39 is 11.6 Å². The average molecular weight is 635 g/mol. The number of H-pyrrole nitrogens is 1. The molecule has 0 unspecified atom stereocenters. The molecular formula is C33H32FKN6O4. The van der Waals surface area contributed by atoms with Crippen molar-refractivity contribution >= 4 is 5.78 Å². The smallest absolute Gasteiger partial charge is 1.00 e. The molecular weight excluding hydrogens is 602 g/mol. The van der Waals surface area contributed by atoms with E-state index in [0.29, 0.717) is 35.7 Å². The van der Waals surface area contributed by atoms with Gasteiger partial charge >= 0.3 is 57.1 Å². The molecule has 0 aliphatic rings. The Hall–Kier alpha value is -3.68. The molecule has 0 radical (unpaired) electrons. The first kappa shape index (κ1) is 32.7. The van der Waals surface area contributed by atoms with Crippen LogP contribution in [0.15, 0.2) is 87.2 Å². The van der Waals surface area contributed by atoms with Crippen LogP contribution in [0.1, 0.15) is 51.9 Å². The Kier molecular flexibility index (Phi) is 10.3. The fraction of sp³-hybridized carbons (Fsp3) is 0.242. The molecule has 6 aromatic rings. The molecule has 10 nitrogen and oxygen atoms in total. The molecule has 0 aliphatic carbocycles. The van der Waals surface area contributed by atoms with Crippen LogP contribution < -0.4 is 67.4 Å². The van der Waals surface area contributed by atoms with Crippen LogP contribution in [-0.4, -0.2) is 35.4 Å². The largest absolute Gasteiger partial charge is 1.00 e. The molecule has 3 aromatic heterocycles. The van der Waals surface area contributed by atoms with Crippen LogP contribution in [0.4, 0.5) is 4.39 Å². The van der Waals surface area contributed by atoms with E-state index in [2.05, 4.69) is 27.1 Å². The number of aromatic nitrogens is 6. The number of nitrogens with one attached hydrogen (secondary N) is 1. The predicted octanol–water partition coefficient (Wildman–Crippen LogP) is 2.87. The molecule has 1 N–H and O–H groups in total. The van der Waals surface area contributed by atoms with E-state index in [9.17, 15) is 9.59 Å². The number of rotatable bonds is 10. The van der Waals surface area contributed by atoms with E-state index in [1.54, 1.807) is 10.6 Å². The summed E-state index contributed by atoms with van der Waals surface area (Å²) in [5.74, 6) is -0.410. The van der Waals surface area contributed by atoms with Gasteiger partial charge in [-0.2, -0.15) is 10.1 Å². The average Bonchev–Trinajstić information content (AvgIpc) is 3.68. The Morgan fingerprint density at radius 3 is 2.47 bits per heavy atom. The summed E-state index contributed by atoms with van der Waals surface area (Å²) >= 11 is 0. The second kappa shape index (κ2) is 14.2. The number of nitrogens with zero attached hydrogens (tertiary/aromatic N) is 5. The van der Waals surface area contributed by atoms with Crippen LogP contribution in [-0.2, 0) is 12.8 Å². The number of fused-ring (bicyclic) bond motifs is 1. The van der Waals surface area contributed by atoms with Crippen molar-refractivity contribution in [3.8, 4) is 34.0 Å². The van der Waals surface area contributed by atoms with Gasteiger partial charge in [-0.25, -0.2) is 18.3 Å². The Morgan fingerprint density at radius 1 is 1.04 bits per heavy atom. The van der Waals surface area contributed by atoms with Gasteiger partial charge in [-0.1, -0.05) is 67.0 Å². The molecule has 226 valence electrons. The summed E-state index contributed by atoms with van der Waals surface area (Å²) in [6, 6.07) is 19.9. The maximum atomic E-state index is 15.1. The van der Waals surface area contributed by atoms with Crippen LogP contribution in [0.25, 0.3) is 34.0 Å². The van der Waals surface area contributed by atoms with Crippen molar-refractivity contribution in [2.45, 2.75) is 52.6 Å². The fourth-order valence-electron chi connectivity index (χ4n) is 5.34. The third-order valence-electron chi connectivity index (χ3n) is 7.37. The quantitative estimate of drug-likeness (QED) is 0.230. The normalized spacial score (nSPS) is 11.2. The van der Waals surface area contributed by atoms with Crippen molar-refractivity contribution in [3.05, 3.63) is 117 Å². The first-order chi connectivity index (χ1) is 21.3. The Labute approximate surface area is 302 Å². The molecule has 0 fully saturated rings. The standard InChI is InChI=1S/C33H31FN6O4.K.H/c1-4-5-10-28-26(17-21-11-13-22(14-12-21)24-8-6-7-9-25(24)30-37-33(42)44-38-30)31(41)39(32-35-19-36-40(28)32)23-15-16-29(27(34)18-23)43-20(2)3;;/h6-9,11-16,18-20H,4-5,10,17H2,1-3H3,(H,37,38,42);;/q;+1;-1. The minimum absolute atomic E-state index is 0. The van der Waals surface area contributed by atoms with E-state index in [4.69, 9.17) is 9.26 Å². The van der Waals surface area contributed by atoms with Crippen molar-refractivity contribution < 1.29 is 66.5 Å². The first-order valence-corrected chi connectivity index (χ1v) is 14.5. The Balaban J connectivity index is 0.00000240. The molecule has 3 aromatic carbocycles. The number of benzene rings is 3. The van der Waals surface area contributed by atoms with Gasteiger partial charge in [-0.15, -0.1) is 0 Å². The molecule has 0 bridgehead atoms. The summed E-state index contributed by atoms with van der Waals surface area (Å²) < 4.78 is 28.4. The van der Waals surface area contributed by atoms with Gasteiger partial charge in [-0.05, 0) is 55.5 Å². The third-order valence-corrected chi connectivity index (χ3v) is 7.37. The summed E-state index contributed by atoms with van der Waals surface area (Å²) in [7, 11) is 0. The first-order valence-electron chi connectivity index (χ1n) is 14.5. The van der Waals surface area contributed by atoms with Gasteiger partial charge in [0, 0.05) is 23.6 Å². The molecule has 12 heteroatoms. The van der Waals surface area contributed by atoms with Gasteiger partial charge < -0.3 is 6.16 Å². The maximum absolute atomic E-state index is 15.1. The van der Waals surface area contributed by atoms with Gasteiger partial charge in [0.1, 0.15) is 6.33 Å². The van der Waals surface area contributed by atoms with Crippen molar-refractivity contribution in [2.24, 2.45) is 0 Å². The number of ether oxygens (including phenoxy) is 1. The number of aryl methyl sites for hydroxylation is 1. The Morgan fingerprint density at radius 2 is 1.80 bits per heavy atom. The van der Waals surface area contributed by atoms with Crippen molar-refractivity contribution in [1.82, 2.24) is 29.3 Å². The molecule has 0 amide bonds. The molecule has 0 spiro atoms. The molecule has 0 aliphatic heterocycles. The van der Waals surface area contributed by atoms with Crippen molar-refractivity contribution in [3.63, 3.8) is 0 Å². The summed E-state index contributed by atoms with van der Waals surface area (Å²) in [5.41, 5.74) is 4.81. The minimum atomic E-state index is -0.624. The number of hydrogen-bond acceptors (Lipinski definition) is 7. The second-order valence-corrected chi connectivity index (χ2v) is 10.8.